The molecule has 7 heteroatoms. The maximum atomic E-state index is 11.8. The van der Waals surface area contributed by atoms with Gasteiger partial charge in [-0.15, -0.1) is 0 Å². The highest BCUT2D eigenvalue weighted by atomic mass is 16.6. The Labute approximate surface area is 138 Å². The van der Waals surface area contributed by atoms with E-state index in [0.717, 1.165) is 0 Å². The van der Waals surface area contributed by atoms with Crippen LogP contribution < -0.4 is 15.2 Å². The zero-order valence-electron chi connectivity index (χ0n) is 13.2. The molecule has 2 N–H and O–H groups in total. The van der Waals surface area contributed by atoms with Crippen LogP contribution in [0.1, 0.15) is 37.9 Å². The Morgan fingerprint density at radius 2 is 2.08 bits per heavy atom. The number of nitrogens with two attached hydrogens (primary N) is 1. The first-order chi connectivity index (χ1) is 11.5. The van der Waals surface area contributed by atoms with Gasteiger partial charge in [0.25, 0.3) is 5.91 Å². The van der Waals surface area contributed by atoms with E-state index < -0.39 is 18.0 Å². The fourth-order valence-corrected chi connectivity index (χ4v) is 2.64. The number of primary amides is 1. The van der Waals surface area contributed by atoms with Crippen molar-refractivity contribution >= 4 is 11.9 Å². The lowest BCUT2D eigenvalue weighted by Gasteiger charge is -2.28. The highest BCUT2D eigenvalue weighted by Gasteiger charge is 2.29. The minimum Gasteiger partial charge on any atom is -0.485 e. The molecule has 1 aromatic heterocycles. The lowest BCUT2D eigenvalue weighted by molar-refractivity contribution is 0.0571. The second kappa shape index (κ2) is 6.19. The number of hydrogen-bond donors (Lipinski definition) is 1. The maximum absolute atomic E-state index is 11.8. The van der Waals surface area contributed by atoms with Crippen LogP contribution in [0, 0.1) is 6.92 Å². The van der Waals surface area contributed by atoms with Gasteiger partial charge in [0.15, 0.2) is 17.6 Å². The highest BCUT2D eigenvalue weighted by Crippen LogP contribution is 2.39. The Morgan fingerprint density at radius 3 is 2.79 bits per heavy atom. The third kappa shape index (κ3) is 2.64. The van der Waals surface area contributed by atoms with Gasteiger partial charge in [-0.1, -0.05) is 6.07 Å². The first-order valence-electron chi connectivity index (χ1n) is 7.28. The zero-order chi connectivity index (χ0) is 17.3. The molecule has 2 heterocycles. The van der Waals surface area contributed by atoms with E-state index in [9.17, 15) is 9.59 Å². The Morgan fingerprint density at radius 1 is 1.29 bits per heavy atom. The third-order valence-corrected chi connectivity index (χ3v) is 3.90. The van der Waals surface area contributed by atoms with Gasteiger partial charge in [-0.2, -0.15) is 0 Å². The number of carbonyl (C=O) groups excluding carboxylic acids is 2. The van der Waals surface area contributed by atoms with Crippen molar-refractivity contribution in [3.05, 3.63) is 52.8 Å². The van der Waals surface area contributed by atoms with Crippen LogP contribution in [0.4, 0.5) is 0 Å². The van der Waals surface area contributed by atoms with Crippen LogP contribution in [0.3, 0.4) is 0 Å². The van der Waals surface area contributed by atoms with Crippen molar-refractivity contribution in [3.8, 4) is 11.5 Å². The fourth-order valence-electron chi connectivity index (χ4n) is 2.64. The minimum atomic E-state index is -0.549. The van der Waals surface area contributed by atoms with E-state index in [0.29, 0.717) is 33.8 Å². The number of carbonyl (C=O) groups is 2. The predicted octanol–water partition coefficient (Wildman–Crippen LogP) is 1.79. The molecule has 1 amide bonds. The molecule has 7 nitrogen and oxygen atoms in total. The van der Waals surface area contributed by atoms with Gasteiger partial charge in [0.2, 0.25) is 0 Å². The van der Waals surface area contributed by atoms with Gasteiger partial charge in [0.1, 0.15) is 12.2 Å². The Bertz CT molecular complexity index is 819. The minimum absolute atomic E-state index is 0.172. The van der Waals surface area contributed by atoms with Gasteiger partial charge in [0, 0.05) is 18.0 Å². The molecule has 0 saturated carbocycles. The summed E-state index contributed by atoms with van der Waals surface area (Å²) >= 11 is 0. The van der Waals surface area contributed by atoms with Gasteiger partial charge in [0.05, 0.1) is 12.7 Å². The monoisotopic (exact) mass is 328 g/mol. The molecule has 124 valence electrons. The Balaban J connectivity index is 1.96. The van der Waals surface area contributed by atoms with Crippen LogP contribution in [0.25, 0.3) is 0 Å². The van der Waals surface area contributed by atoms with E-state index in [1.54, 1.807) is 31.3 Å². The number of amides is 1. The number of nitrogens with zero attached hydrogens (tertiary/aromatic N) is 1. The SMILES string of the molecule is COC(=O)c1cccc2c1OCC(c1cncc(C(N)=O)c1C)O2. The first kappa shape index (κ1) is 15.8. The zero-order valence-corrected chi connectivity index (χ0v) is 13.2. The number of ether oxygens (including phenoxy) is 3. The van der Waals surface area contributed by atoms with Crippen LogP contribution in [0.2, 0.25) is 0 Å². The number of benzene rings is 1. The van der Waals surface area contributed by atoms with Gasteiger partial charge in [-0.05, 0) is 24.6 Å². The molecule has 1 unspecified atom stereocenters. The molecule has 24 heavy (non-hydrogen) atoms. The molecule has 0 saturated heterocycles. The van der Waals surface area contributed by atoms with Gasteiger partial charge >= 0.3 is 5.97 Å². The lowest BCUT2D eigenvalue weighted by atomic mass is 10.0. The molecule has 1 aromatic carbocycles. The number of esters is 1. The average molecular weight is 328 g/mol. The van der Waals surface area contributed by atoms with Gasteiger partial charge in [-0.3, -0.25) is 9.78 Å². The number of hydrogen-bond acceptors (Lipinski definition) is 6. The van der Waals surface area contributed by atoms with E-state index in [1.165, 1.54) is 13.3 Å². The number of methoxy groups -OCH3 is 1. The summed E-state index contributed by atoms with van der Waals surface area (Å²) in [5.41, 5.74) is 7.40. The average Bonchev–Trinajstić information content (AvgIpc) is 2.60. The van der Waals surface area contributed by atoms with E-state index in [1.807, 2.05) is 0 Å². The molecule has 3 rings (SSSR count). The summed E-state index contributed by atoms with van der Waals surface area (Å²) in [6, 6.07) is 4.99. The van der Waals surface area contributed by atoms with E-state index >= 15 is 0 Å². The highest BCUT2D eigenvalue weighted by molar-refractivity contribution is 5.94. The number of pyridine rings is 1. The van der Waals surface area contributed by atoms with Crippen molar-refractivity contribution in [2.75, 3.05) is 13.7 Å². The molecule has 0 aliphatic carbocycles. The molecule has 0 fully saturated rings. The van der Waals surface area contributed by atoms with Crippen LogP contribution in [-0.2, 0) is 4.74 Å². The van der Waals surface area contributed by atoms with E-state index in [-0.39, 0.29) is 6.61 Å². The molecule has 0 radical (unpaired) electrons. The molecule has 1 atom stereocenters. The van der Waals surface area contributed by atoms with Gasteiger partial charge in [-0.25, -0.2) is 4.79 Å². The van der Waals surface area contributed by atoms with Crippen molar-refractivity contribution in [2.45, 2.75) is 13.0 Å². The second-order valence-electron chi connectivity index (χ2n) is 5.31. The molecular formula is C17H16N2O5. The summed E-state index contributed by atoms with van der Waals surface area (Å²) in [5.74, 6) is -0.273. The molecule has 2 aromatic rings. The topological polar surface area (TPSA) is 101 Å². The van der Waals surface area contributed by atoms with E-state index in [2.05, 4.69) is 4.98 Å². The summed E-state index contributed by atoms with van der Waals surface area (Å²) in [7, 11) is 1.30. The second-order valence-corrected chi connectivity index (χ2v) is 5.31. The summed E-state index contributed by atoms with van der Waals surface area (Å²) in [6.07, 6.45) is 2.58. The largest absolute Gasteiger partial charge is 0.485 e. The standard InChI is InChI=1S/C17H16N2O5/c1-9-11(6-19-7-12(9)16(18)20)14-8-23-15-10(17(21)22-2)4-3-5-13(15)24-14/h3-7,14H,8H2,1-2H3,(H2,18,20). The van der Waals surface area contributed by atoms with E-state index in [4.69, 9.17) is 19.9 Å². The first-order valence-corrected chi connectivity index (χ1v) is 7.28. The van der Waals surface area contributed by atoms with Crippen molar-refractivity contribution in [3.63, 3.8) is 0 Å². The van der Waals surface area contributed by atoms with Crippen molar-refractivity contribution in [1.82, 2.24) is 4.98 Å². The normalized spacial score (nSPS) is 15.7. The van der Waals surface area contributed by atoms with Crippen molar-refractivity contribution < 1.29 is 23.8 Å². The number of para-hydroxylation sites is 1. The number of rotatable bonds is 3. The van der Waals surface area contributed by atoms with Crippen molar-refractivity contribution in [1.29, 1.82) is 0 Å². The number of aromatic nitrogens is 1. The van der Waals surface area contributed by atoms with Crippen LogP contribution in [-0.4, -0.2) is 30.6 Å². The van der Waals surface area contributed by atoms with Crippen LogP contribution in [0.15, 0.2) is 30.6 Å². The van der Waals surface area contributed by atoms with Crippen LogP contribution in [0.5, 0.6) is 11.5 Å². The third-order valence-electron chi connectivity index (χ3n) is 3.90. The molecular weight excluding hydrogens is 312 g/mol. The van der Waals surface area contributed by atoms with Gasteiger partial charge < -0.3 is 19.9 Å². The van der Waals surface area contributed by atoms with Crippen LogP contribution >= 0.6 is 0 Å². The smallest absolute Gasteiger partial charge is 0.341 e. The molecule has 0 bridgehead atoms. The Kier molecular flexibility index (Phi) is 4.07. The summed E-state index contributed by atoms with van der Waals surface area (Å²) in [6.45, 7) is 1.95. The number of fused-ring (bicyclic) bond motifs is 1. The molecule has 1 aliphatic rings. The molecule has 0 spiro atoms. The molecule has 1 aliphatic heterocycles. The summed E-state index contributed by atoms with van der Waals surface area (Å²) < 4.78 is 16.4. The lowest BCUT2D eigenvalue weighted by Crippen LogP contribution is -2.25. The quantitative estimate of drug-likeness (QED) is 0.862. The fraction of sp³-hybridized carbons (Fsp3) is 0.235. The summed E-state index contributed by atoms with van der Waals surface area (Å²) in [5, 5.41) is 0. The maximum Gasteiger partial charge on any atom is 0.341 e. The summed E-state index contributed by atoms with van der Waals surface area (Å²) in [4.78, 5) is 27.3. The van der Waals surface area contributed by atoms with Crippen molar-refractivity contribution in [2.24, 2.45) is 5.73 Å². The Hall–Kier alpha value is -3.09. The predicted molar refractivity (Wildman–Crippen MR) is 84.1 cm³/mol.